The topological polar surface area (TPSA) is 141 Å². The van der Waals surface area contributed by atoms with E-state index in [4.69, 9.17) is 14.6 Å². The van der Waals surface area contributed by atoms with Crippen LogP contribution in [0.4, 0.5) is 19.1 Å². The Morgan fingerprint density at radius 2 is 1.75 bits per heavy atom. The molecule has 2 aromatic heterocycles. The summed E-state index contributed by atoms with van der Waals surface area (Å²) in [5.41, 5.74) is 0.0406. The third-order valence-electron chi connectivity index (χ3n) is 5.83. The van der Waals surface area contributed by atoms with Crippen molar-refractivity contribution in [1.29, 1.82) is 0 Å². The highest BCUT2D eigenvalue weighted by Gasteiger charge is 2.38. The Labute approximate surface area is 225 Å². The lowest BCUT2D eigenvalue weighted by Gasteiger charge is -2.28. The minimum atomic E-state index is -5.08. The minimum absolute atomic E-state index is 0.0619. The molecule has 3 heterocycles. The monoisotopic (exact) mass is 564 g/mol. The molecule has 15 heteroatoms. The van der Waals surface area contributed by atoms with E-state index in [1.165, 1.54) is 4.57 Å². The molecule has 1 fully saturated rings. The predicted octanol–water partition coefficient (Wildman–Crippen LogP) is 0.820. The number of aliphatic carboxylic acids is 1. The number of carbonyl (C=O) groups is 2. The molecule has 0 radical (unpaired) electrons. The second kappa shape index (κ2) is 13.0. The molecule has 0 bridgehead atoms. The van der Waals surface area contributed by atoms with Crippen LogP contribution in [-0.2, 0) is 29.7 Å². The number of ether oxygens (including phenoxy) is 1. The largest absolute Gasteiger partial charge is 0.490 e. The molecule has 0 atom stereocenters. The van der Waals surface area contributed by atoms with Crippen LogP contribution < -0.4 is 21.5 Å². The fourth-order valence-corrected chi connectivity index (χ4v) is 3.86. The third kappa shape index (κ3) is 6.89. The summed E-state index contributed by atoms with van der Waals surface area (Å²) >= 11 is 0. The fourth-order valence-electron chi connectivity index (χ4n) is 3.86. The quantitative estimate of drug-likeness (QED) is 0.329. The van der Waals surface area contributed by atoms with Crippen LogP contribution in [0.2, 0.25) is 0 Å². The zero-order valence-electron chi connectivity index (χ0n) is 21.7. The summed E-state index contributed by atoms with van der Waals surface area (Å²) in [6.07, 6.45) is -5.08. The number of imidazole rings is 1. The lowest BCUT2D eigenvalue weighted by atomic mass is 10.2. The van der Waals surface area contributed by atoms with Gasteiger partial charge in [0.2, 0.25) is 5.95 Å². The average Bonchev–Trinajstić information content (AvgIpc) is 3.33. The van der Waals surface area contributed by atoms with E-state index in [2.05, 4.69) is 27.0 Å². The van der Waals surface area contributed by atoms with Gasteiger partial charge in [-0.05, 0) is 19.1 Å². The molecule has 0 saturated carbocycles. The summed E-state index contributed by atoms with van der Waals surface area (Å²) in [5, 5.41) is 10.4. The number of aryl methyl sites for hydroxylation is 1. The van der Waals surface area contributed by atoms with Crippen molar-refractivity contribution in [2.24, 2.45) is 7.05 Å². The Kier molecular flexibility index (Phi) is 9.73. The molecule has 1 saturated heterocycles. The summed E-state index contributed by atoms with van der Waals surface area (Å²) in [6, 6.07) is 8.56. The summed E-state index contributed by atoms with van der Waals surface area (Å²) in [5.74, 6) is 3.22. The van der Waals surface area contributed by atoms with Crippen LogP contribution in [0.5, 0.6) is 0 Å². The molecular formula is C25H27F3N6O6. The average molecular weight is 565 g/mol. The first-order valence-electron chi connectivity index (χ1n) is 12.0. The van der Waals surface area contributed by atoms with E-state index in [9.17, 15) is 27.6 Å². The minimum Gasteiger partial charge on any atom is -0.475 e. The number of alkyl halides is 3. The molecule has 0 aliphatic carbocycles. The summed E-state index contributed by atoms with van der Waals surface area (Å²) in [6.45, 7) is 4.93. The Morgan fingerprint density at radius 1 is 1.12 bits per heavy atom. The van der Waals surface area contributed by atoms with Crippen LogP contribution in [0.25, 0.3) is 11.2 Å². The van der Waals surface area contributed by atoms with E-state index in [1.807, 2.05) is 0 Å². The molecule has 2 N–H and O–H groups in total. The highest BCUT2D eigenvalue weighted by molar-refractivity contribution is 5.89. The van der Waals surface area contributed by atoms with Crippen molar-refractivity contribution in [3.05, 3.63) is 56.7 Å². The molecule has 4 rings (SSSR count). The summed E-state index contributed by atoms with van der Waals surface area (Å²) in [4.78, 5) is 54.2. The number of carboxylic acids is 1. The molecule has 3 aromatic rings. The maximum absolute atomic E-state index is 13.4. The molecule has 0 unspecified atom stereocenters. The fraction of sp³-hybridized carbons (Fsp3) is 0.400. The van der Waals surface area contributed by atoms with Crippen molar-refractivity contribution in [3.8, 4) is 11.8 Å². The number of hydrogen-bond acceptors (Lipinski definition) is 8. The molecule has 1 aromatic carbocycles. The number of fused-ring (bicyclic) bond motifs is 1. The van der Waals surface area contributed by atoms with Gasteiger partial charge >= 0.3 is 23.8 Å². The second-order valence-electron chi connectivity index (χ2n) is 8.44. The van der Waals surface area contributed by atoms with Crippen LogP contribution >= 0.6 is 0 Å². The van der Waals surface area contributed by atoms with E-state index in [-0.39, 0.29) is 19.7 Å². The van der Waals surface area contributed by atoms with Crippen molar-refractivity contribution < 1.29 is 32.6 Å². The van der Waals surface area contributed by atoms with Gasteiger partial charge in [0.1, 0.15) is 6.61 Å². The number of hydrogen-bond donors (Lipinski definition) is 2. The third-order valence-corrected chi connectivity index (χ3v) is 5.83. The number of carbonyl (C=O) groups excluding carboxylic acids is 1. The highest BCUT2D eigenvalue weighted by Crippen LogP contribution is 2.20. The first-order chi connectivity index (χ1) is 19.0. The van der Waals surface area contributed by atoms with Gasteiger partial charge in [0, 0.05) is 33.2 Å². The number of benzene rings is 1. The van der Waals surface area contributed by atoms with Gasteiger partial charge in [-0.25, -0.2) is 14.4 Å². The summed E-state index contributed by atoms with van der Waals surface area (Å²) in [7, 11) is 1.58. The molecule has 0 spiro atoms. The van der Waals surface area contributed by atoms with Crippen LogP contribution in [0, 0.1) is 11.8 Å². The van der Waals surface area contributed by atoms with Crippen LogP contribution in [0.15, 0.2) is 39.9 Å². The van der Waals surface area contributed by atoms with E-state index < -0.39 is 29.4 Å². The number of halogens is 3. The van der Waals surface area contributed by atoms with Gasteiger partial charge in [0.25, 0.3) is 5.56 Å². The molecular weight excluding hydrogens is 537 g/mol. The zero-order chi connectivity index (χ0) is 29.4. The van der Waals surface area contributed by atoms with Crippen LogP contribution in [0.1, 0.15) is 17.3 Å². The highest BCUT2D eigenvalue weighted by atomic mass is 19.4. The molecule has 40 heavy (non-hydrogen) atoms. The van der Waals surface area contributed by atoms with E-state index in [1.54, 1.807) is 48.9 Å². The van der Waals surface area contributed by atoms with Gasteiger partial charge in [-0.3, -0.25) is 18.5 Å². The van der Waals surface area contributed by atoms with Crippen molar-refractivity contribution in [3.63, 3.8) is 0 Å². The van der Waals surface area contributed by atoms with Crippen molar-refractivity contribution in [2.75, 3.05) is 37.7 Å². The Balaban J connectivity index is 0.000000559. The number of nitrogens with one attached hydrogen (secondary N) is 1. The van der Waals surface area contributed by atoms with E-state index in [0.717, 1.165) is 30.7 Å². The van der Waals surface area contributed by atoms with Gasteiger partial charge in [0.15, 0.2) is 11.2 Å². The first-order valence-corrected chi connectivity index (χ1v) is 12.0. The standard InChI is InChI=1S/C23H26N6O4.C2HF3O2/c1-3-4-12-28-18-19(25-22(28)27-13-10-24-11-14-27)26(2)23(32)29(20(18)30)15-16-33-21(31)17-8-6-5-7-9-17;3-2(4,5)1(6)7/h5-9,24H,10-16H2,1-2H3;(H,6,7). The van der Waals surface area contributed by atoms with Crippen molar-refractivity contribution >= 4 is 29.1 Å². The lowest BCUT2D eigenvalue weighted by molar-refractivity contribution is -0.192. The van der Waals surface area contributed by atoms with Crippen LogP contribution in [0.3, 0.4) is 0 Å². The van der Waals surface area contributed by atoms with Gasteiger partial charge in [-0.1, -0.05) is 24.1 Å². The molecule has 1 aliphatic heterocycles. The number of nitrogens with zero attached hydrogens (tertiary/aromatic N) is 5. The van der Waals surface area contributed by atoms with Gasteiger partial charge in [0.05, 0.1) is 18.7 Å². The van der Waals surface area contributed by atoms with E-state index >= 15 is 0 Å². The number of rotatable bonds is 6. The maximum Gasteiger partial charge on any atom is 0.490 e. The number of esters is 1. The maximum atomic E-state index is 13.4. The smallest absolute Gasteiger partial charge is 0.475 e. The normalized spacial score (nSPS) is 13.2. The lowest BCUT2D eigenvalue weighted by Crippen LogP contribution is -2.44. The number of carboxylic acid groups (broad SMARTS) is 1. The van der Waals surface area contributed by atoms with Crippen LogP contribution in [-0.4, -0.2) is 74.7 Å². The second-order valence-corrected chi connectivity index (χ2v) is 8.44. The number of piperazine rings is 1. The zero-order valence-corrected chi connectivity index (χ0v) is 21.7. The SMILES string of the molecule is CC#CCn1c(N2CCNCC2)nc2c1c(=O)n(CCOC(=O)c1ccccc1)c(=O)n2C.O=C(O)C(F)(F)F. The molecule has 12 nitrogen and oxygen atoms in total. The van der Waals surface area contributed by atoms with Gasteiger partial charge in [-0.2, -0.15) is 18.2 Å². The Morgan fingerprint density at radius 3 is 2.33 bits per heavy atom. The van der Waals surface area contributed by atoms with Gasteiger partial charge < -0.3 is 20.1 Å². The van der Waals surface area contributed by atoms with E-state index in [0.29, 0.717) is 22.7 Å². The summed E-state index contributed by atoms with van der Waals surface area (Å²) < 4.78 is 41.2. The molecule has 1 aliphatic rings. The van der Waals surface area contributed by atoms with Gasteiger partial charge in [-0.15, -0.1) is 5.92 Å². The first kappa shape index (κ1) is 30.0. The Hall–Kier alpha value is -4.58. The molecule has 0 amide bonds. The number of anilines is 1. The predicted molar refractivity (Wildman–Crippen MR) is 138 cm³/mol. The van der Waals surface area contributed by atoms with Crippen molar-refractivity contribution in [2.45, 2.75) is 26.2 Å². The van der Waals surface area contributed by atoms with Crippen molar-refractivity contribution in [1.82, 2.24) is 24.0 Å². The number of aromatic nitrogens is 4. The molecule has 214 valence electrons. The Bertz CT molecular complexity index is 1540.